The molecule has 8 heteroatoms. The highest BCUT2D eigenvalue weighted by Crippen LogP contribution is 2.15. The molecule has 0 bridgehead atoms. The number of aromatic nitrogens is 1. The number of sulfonamides is 1. The summed E-state index contributed by atoms with van der Waals surface area (Å²) in [6.45, 7) is 5.63. The first-order chi connectivity index (χ1) is 9.81. The van der Waals surface area contributed by atoms with E-state index in [9.17, 15) is 8.42 Å². The van der Waals surface area contributed by atoms with Crippen LogP contribution >= 0.6 is 0 Å². The minimum Gasteiger partial charge on any atom is -0.383 e. The van der Waals surface area contributed by atoms with E-state index in [1.54, 1.807) is 6.92 Å². The summed E-state index contributed by atoms with van der Waals surface area (Å²) in [6.07, 6.45) is 0.521. The van der Waals surface area contributed by atoms with E-state index < -0.39 is 15.3 Å². The standard InChI is InChI=1S/C13H24N2O5S/c1-9(6-13-10(2)14-20-11(13)3)15-21(16,17)12(7-18-4)8-19-5/h9,12,15H,6-8H2,1-5H3. The summed E-state index contributed by atoms with van der Waals surface area (Å²) in [5.74, 6) is 0.712. The predicted octanol–water partition coefficient (Wildman–Crippen LogP) is 0.803. The fourth-order valence-corrected chi connectivity index (χ4v) is 3.58. The van der Waals surface area contributed by atoms with Gasteiger partial charge in [0.2, 0.25) is 10.0 Å². The molecule has 21 heavy (non-hydrogen) atoms. The molecule has 1 atom stereocenters. The summed E-state index contributed by atoms with van der Waals surface area (Å²) in [4.78, 5) is 0. The van der Waals surface area contributed by atoms with E-state index in [0.717, 1.165) is 11.3 Å². The molecule has 122 valence electrons. The highest BCUT2D eigenvalue weighted by molar-refractivity contribution is 7.90. The molecule has 1 aromatic rings. The number of hydrogen-bond donors (Lipinski definition) is 1. The maximum absolute atomic E-state index is 12.3. The molecule has 0 saturated carbocycles. The van der Waals surface area contributed by atoms with Gasteiger partial charge in [0.25, 0.3) is 0 Å². The van der Waals surface area contributed by atoms with Crippen LogP contribution < -0.4 is 4.72 Å². The highest BCUT2D eigenvalue weighted by Gasteiger charge is 2.27. The van der Waals surface area contributed by atoms with Gasteiger partial charge in [-0.05, 0) is 27.2 Å². The Morgan fingerprint density at radius 3 is 2.24 bits per heavy atom. The lowest BCUT2D eigenvalue weighted by Crippen LogP contribution is -2.44. The van der Waals surface area contributed by atoms with Crippen molar-refractivity contribution in [2.24, 2.45) is 0 Å². The van der Waals surface area contributed by atoms with Crippen LogP contribution in [0.25, 0.3) is 0 Å². The Hall–Kier alpha value is -0.960. The van der Waals surface area contributed by atoms with Crippen LogP contribution in [0.5, 0.6) is 0 Å². The zero-order chi connectivity index (χ0) is 16.0. The fraction of sp³-hybridized carbons (Fsp3) is 0.769. The second-order valence-electron chi connectivity index (χ2n) is 5.10. The Kier molecular flexibility index (Phi) is 6.79. The van der Waals surface area contributed by atoms with Gasteiger partial charge in [-0.25, -0.2) is 13.1 Å². The lowest BCUT2D eigenvalue weighted by Gasteiger charge is -2.20. The third kappa shape index (κ3) is 5.06. The molecule has 1 aromatic heterocycles. The maximum atomic E-state index is 12.3. The van der Waals surface area contributed by atoms with E-state index in [1.165, 1.54) is 14.2 Å². The van der Waals surface area contributed by atoms with Crippen LogP contribution in [0, 0.1) is 13.8 Å². The van der Waals surface area contributed by atoms with Gasteiger partial charge >= 0.3 is 0 Å². The largest absolute Gasteiger partial charge is 0.383 e. The van der Waals surface area contributed by atoms with Gasteiger partial charge in [-0.3, -0.25) is 0 Å². The number of nitrogens with one attached hydrogen (secondary N) is 1. The SMILES string of the molecule is COCC(COC)S(=O)(=O)NC(C)Cc1c(C)noc1C. The van der Waals surface area contributed by atoms with Gasteiger partial charge < -0.3 is 14.0 Å². The van der Waals surface area contributed by atoms with Crippen molar-refractivity contribution in [2.75, 3.05) is 27.4 Å². The van der Waals surface area contributed by atoms with Gasteiger partial charge in [0.1, 0.15) is 11.0 Å². The molecule has 0 aromatic carbocycles. The number of rotatable bonds is 9. The van der Waals surface area contributed by atoms with Crippen LogP contribution in [0.1, 0.15) is 23.9 Å². The number of nitrogens with zero attached hydrogens (tertiary/aromatic N) is 1. The smallest absolute Gasteiger partial charge is 0.219 e. The molecular weight excluding hydrogens is 296 g/mol. The Bertz CT molecular complexity index is 515. The molecule has 0 radical (unpaired) electrons. The van der Waals surface area contributed by atoms with Crippen LogP contribution in [-0.2, 0) is 25.9 Å². The quantitative estimate of drug-likeness (QED) is 0.724. The van der Waals surface area contributed by atoms with E-state index in [-0.39, 0.29) is 19.3 Å². The van der Waals surface area contributed by atoms with Crippen molar-refractivity contribution >= 4 is 10.0 Å². The van der Waals surface area contributed by atoms with Gasteiger partial charge in [-0.1, -0.05) is 5.16 Å². The molecule has 1 rings (SSSR count). The summed E-state index contributed by atoms with van der Waals surface area (Å²) in [6, 6.07) is -0.275. The van der Waals surface area contributed by atoms with E-state index in [0.29, 0.717) is 12.2 Å². The third-order valence-electron chi connectivity index (χ3n) is 3.20. The minimum atomic E-state index is -3.53. The molecule has 0 aliphatic rings. The monoisotopic (exact) mass is 320 g/mol. The van der Waals surface area contributed by atoms with E-state index in [4.69, 9.17) is 14.0 Å². The number of ether oxygens (including phenoxy) is 2. The molecule has 1 heterocycles. The van der Waals surface area contributed by atoms with Gasteiger partial charge in [0, 0.05) is 25.8 Å². The summed E-state index contributed by atoms with van der Waals surface area (Å²) in [5, 5.41) is 3.13. The van der Waals surface area contributed by atoms with Gasteiger partial charge in [0.05, 0.1) is 18.9 Å². The van der Waals surface area contributed by atoms with Crippen molar-refractivity contribution in [1.82, 2.24) is 9.88 Å². The van der Waals surface area contributed by atoms with Crippen LogP contribution in [-0.4, -0.2) is 52.3 Å². The van der Waals surface area contributed by atoms with Crippen molar-refractivity contribution in [3.05, 3.63) is 17.0 Å². The zero-order valence-electron chi connectivity index (χ0n) is 13.2. The van der Waals surface area contributed by atoms with Crippen LogP contribution in [0.3, 0.4) is 0 Å². The average molecular weight is 320 g/mol. The Morgan fingerprint density at radius 1 is 1.24 bits per heavy atom. The summed E-state index contributed by atoms with van der Waals surface area (Å²) in [7, 11) is -0.598. The fourth-order valence-electron chi connectivity index (χ4n) is 2.12. The van der Waals surface area contributed by atoms with Crippen LogP contribution in [0.15, 0.2) is 4.52 Å². The van der Waals surface area contributed by atoms with Crippen LogP contribution in [0.4, 0.5) is 0 Å². The molecule has 0 fully saturated rings. The predicted molar refractivity (Wildman–Crippen MR) is 78.7 cm³/mol. The molecule has 0 aliphatic carbocycles. The molecule has 7 nitrogen and oxygen atoms in total. The lowest BCUT2D eigenvalue weighted by molar-refractivity contribution is 0.140. The van der Waals surface area contributed by atoms with E-state index >= 15 is 0 Å². The molecule has 0 spiro atoms. The van der Waals surface area contributed by atoms with Crippen molar-refractivity contribution in [3.8, 4) is 0 Å². The van der Waals surface area contributed by atoms with Crippen molar-refractivity contribution in [3.63, 3.8) is 0 Å². The first-order valence-corrected chi connectivity index (χ1v) is 8.27. The molecule has 0 amide bonds. The first-order valence-electron chi connectivity index (χ1n) is 6.72. The Labute approximate surface area is 126 Å². The lowest BCUT2D eigenvalue weighted by atomic mass is 10.1. The van der Waals surface area contributed by atoms with Crippen molar-refractivity contribution in [2.45, 2.75) is 38.5 Å². The van der Waals surface area contributed by atoms with E-state index in [1.807, 2.05) is 13.8 Å². The summed E-state index contributed by atoms with van der Waals surface area (Å²) < 4.78 is 42.3. The molecule has 0 aliphatic heterocycles. The molecule has 1 unspecified atom stereocenters. The van der Waals surface area contributed by atoms with Crippen LogP contribution in [0.2, 0.25) is 0 Å². The molecular formula is C13H24N2O5S. The second-order valence-corrected chi connectivity index (χ2v) is 7.10. The Morgan fingerprint density at radius 2 is 1.81 bits per heavy atom. The first kappa shape index (κ1) is 18.1. The maximum Gasteiger partial charge on any atom is 0.219 e. The van der Waals surface area contributed by atoms with Crippen molar-refractivity contribution < 1.29 is 22.4 Å². The third-order valence-corrected chi connectivity index (χ3v) is 5.08. The normalized spacial score (nSPS) is 13.8. The van der Waals surface area contributed by atoms with Crippen molar-refractivity contribution in [1.29, 1.82) is 0 Å². The molecule has 1 N–H and O–H groups in total. The number of methoxy groups -OCH3 is 2. The second kappa shape index (κ2) is 7.88. The highest BCUT2D eigenvalue weighted by atomic mass is 32.2. The topological polar surface area (TPSA) is 90.7 Å². The summed E-state index contributed by atoms with van der Waals surface area (Å²) >= 11 is 0. The van der Waals surface area contributed by atoms with Gasteiger partial charge in [-0.2, -0.15) is 0 Å². The zero-order valence-corrected chi connectivity index (χ0v) is 14.0. The average Bonchev–Trinajstić information content (AvgIpc) is 2.69. The summed E-state index contributed by atoms with van der Waals surface area (Å²) in [5.41, 5.74) is 1.71. The number of hydrogen-bond acceptors (Lipinski definition) is 6. The van der Waals surface area contributed by atoms with E-state index in [2.05, 4.69) is 9.88 Å². The van der Waals surface area contributed by atoms with Gasteiger partial charge in [0.15, 0.2) is 0 Å². The van der Waals surface area contributed by atoms with Gasteiger partial charge in [-0.15, -0.1) is 0 Å². The molecule has 0 saturated heterocycles. The Balaban J connectivity index is 2.73. The minimum absolute atomic E-state index is 0.0845. The number of aryl methyl sites for hydroxylation is 2.